The van der Waals surface area contributed by atoms with Crippen LogP contribution < -0.4 is 12.4 Å². The van der Waals surface area contributed by atoms with Crippen LogP contribution in [0.15, 0.2) is 30.3 Å². The number of hydrogen-bond acceptors (Lipinski definition) is 0. The topological polar surface area (TPSA) is 0 Å². The van der Waals surface area contributed by atoms with E-state index in [4.69, 9.17) is 0 Å². The van der Waals surface area contributed by atoms with E-state index in [1.807, 2.05) is 0 Å². The number of hydrogen-bond donors (Lipinski definition) is 0. The van der Waals surface area contributed by atoms with Gasteiger partial charge in [-0.05, 0) is 38.5 Å². The van der Waals surface area contributed by atoms with E-state index < -0.39 is 0 Å². The Bertz CT molecular complexity index is 876. The number of nitrogens with zero attached hydrogens (tertiary/aromatic N) is 1. The molecule has 1 aromatic carbocycles. The van der Waals surface area contributed by atoms with Gasteiger partial charge in [0.2, 0.25) is 0 Å². The Hall–Kier alpha value is -0.530. The van der Waals surface area contributed by atoms with Crippen LogP contribution in [0.25, 0.3) is 0 Å². The predicted molar refractivity (Wildman–Crippen MR) is 247 cm³/mol. The normalized spacial score (nSPS) is 13.5. The van der Waals surface area contributed by atoms with E-state index in [1.165, 1.54) is 255 Å². The third-order valence-corrected chi connectivity index (χ3v) is 12.9. The van der Waals surface area contributed by atoms with Crippen molar-refractivity contribution in [2.45, 2.75) is 279 Å². The maximum Gasteiger partial charge on any atom is 0.120 e. The summed E-state index contributed by atoms with van der Waals surface area (Å²) in [6.45, 7) is 18.8. The number of rotatable bonds is 41. The molecule has 0 aliphatic carbocycles. The lowest BCUT2D eigenvalue weighted by Gasteiger charge is -2.51. The van der Waals surface area contributed by atoms with Crippen LogP contribution in [0.5, 0.6) is 0 Å². The van der Waals surface area contributed by atoms with Crippen LogP contribution in [0.2, 0.25) is 0 Å². The molecule has 2 atom stereocenters. The lowest BCUT2D eigenvalue weighted by Crippen LogP contribution is -3.00. The van der Waals surface area contributed by atoms with Crippen LogP contribution in [0.4, 0.5) is 0 Å². The number of halogens is 1. The van der Waals surface area contributed by atoms with Crippen LogP contribution in [-0.4, -0.2) is 24.1 Å². The van der Waals surface area contributed by atoms with Gasteiger partial charge in [-0.15, -0.1) is 0 Å². The Morgan fingerprint density at radius 2 is 0.564 bits per heavy atom. The summed E-state index contributed by atoms with van der Waals surface area (Å²) in [6.07, 6.45) is 51.9. The Morgan fingerprint density at radius 3 is 0.782 bits per heavy atom. The third-order valence-electron chi connectivity index (χ3n) is 12.9. The van der Waals surface area contributed by atoms with Gasteiger partial charge in [0.15, 0.2) is 0 Å². The Balaban J connectivity index is 0.0000292. The fraction of sp³-hybridized carbons (Fsp3) is 0.887. The van der Waals surface area contributed by atoms with Crippen LogP contribution in [-0.2, 0) is 0 Å². The second-order valence-electron chi connectivity index (χ2n) is 19.2. The molecule has 0 aliphatic rings. The van der Waals surface area contributed by atoms with Gasteiger partial charge in [-0.25, -0.2) is 0 Å². The summed E-state index contributed by atoms with van der Waals surface area (Å²) in [4.78, 5) is 0. The van der Waals surface area contributed by atoms with Gasteiger partial charge in [0.1, 0.15) is 6.04 Å². The van der Waals surface area contributed by atoms with Gasteiger partial charge in [0, 0.05) is 11.0 Å². The molecule has 0 saturated heterocycles. The third kappa shape index (κ3) is 30.2. The average Bonchev–Trinajstić information content (AvgIpc) is 3.16. The van der Waals surface area contributed by atoms with Crippen molar-refractivity contribution in [2.75, 3.05) is 19.6 Å². The summed E-state index contributed by atoms with van der Waals surface area (Å²) in [7, 11) is 0. The van der Waals surface area contributed by atoms with Crippen LogP contribution in [0, 0.1) is 5.41 Å². The minimum atomic E-state index is 0. The predicted octanol–water partition coefficient (Wildman–Crippen LogP) is 15.7. The van der Waals surface area contributed by atoms with Crippen molar-refractivity contribution in [3.8, 4) is 0 Å². The highest BCUT2D eigenvalue weighted by molar-refractivity contribution is 5.19. The van der Waals surface area contributed by atoms with Gasteiger partial charge in [0.25, 0.3) is 0 Å². The van der Waals surface area contributed by atoms with Crippen molar-refractivity contribution in [3.05, 3.63) is 35.9 Å². The second-order valence-corrected chi connectivity index (χ2v) is 19.2. The maximum absolute atomic E-state index is 2.56. The number of quaternary nitrogens is 1. The van der Waals surface area contributed by atoms with Crippen molar-refractivity contribution < 1.29 is 16.9 Å². The summed E-state index contributed by atoms with van der Waals surface area (Å²) < 4.78 is 1.33. The molecule has 0 bridgehead atoms. The molecule has 0 aromatic heterocycles. The molecular weight excluding hydrogens is 686 g/mol. The molecule has 0 N–H and O–H groups in total. The summed E-state index contributed by atoms with van der Waals surface area (Å²) in [5.41, 5.74) is 1.84. The first kappa shape index (κ1) is 54.5. The van der Waals surface area contributed by atoms with Crippen molar-refractivity contribution in [2.24, 2.45) is 5.41 Å². The average molecular weight is 789 g/mol. The van der Waals surface area contributed by atoms with E-state index in [2.05, 4.69) is 71.9 Å². The molecule has 0 radical (unpaired) electrons. The first-order chi connectivity index (χ1) is 26.4. The number of benzene rings is 1. The molecule has 0 amide bonds. The standard InChI is InChI=1S/C53H102N.ClH/c1-7-10-13-16-19-22-25-27-28-30-33-36-39-45-50-54(48-43-37-34-31-24-21-18-15-12-9-3,52(53(4,5)6)51-46-41-40-42-47-51)49-44-38-35-32-29-26-23-20-17-14-11-8-2;/h40-42,46-47,52H,7-39,43-45,48-50H2,1-6H3;1H/q+1;/p-1. The van der Waals surface area contributed by atoms with Crippen molar-refractivity contribution in [1.82, 2.24) is 0 Å². The van der Waals surface area contributed by atoms with Gasteiger partial charge >= 0.3 is 0 Å². The zero-order valence-corrected chi connectivity index (χ0v) is 39.6. The molecular formula is C53H102ClN. The molecule has 1 rings (SSSR count). The highest BCUT2D eigenvalue weighted by atomic mass is 35.5. The van der Waals surface area contributed by atoms with Crippen LogP contribution >= 0.6 is 0 Å². The lowest BCUT2D eigenvalue weighted by molar-refractivity contribution is -0.964. The van der Waals surface area contributed by atoms with E-state index in [1.54, 1.807) is 5.56 Å². The lowest BCUT2D eigenvalue weighted by atomic mass is 9.78. The summed E-state index contributed by atoms with van der Waals surface area (Å²) in [5.74, 6) is 0. The van der Waals surface area contributed by atoms with E-state index in [-0.39, 0.29) is 17.8 Å². The Labute approximate surface area is 355 Å². The monoisotopic (exact) mass is 788 g/mol. The van der Waals surface area contributed by atoms with E-state index >= 15 is 0 Å². The van der Waals surface area contributed by atoms with Crippen LogP contribution in [0.3, 0.4) is 0 Å². The SMILES string of the molecule is CCCCCCCCCCCCCCCC[N+](CCCCCCCCCCCC)(CCCCCCCCCCCCCC)C(c1ccccc1)C(C)(C)C.[Cl-]. The Morgan fingerprint density at radius 1 is 0.345 bits per heavy atom. The summed E-state index contributed by atoms with van der Waals surface area (Å²) in [6, 6.07) is 12.4. The maximum atomic E-state index is 2.56. The molecule has 1 nitrogen and oxygen atoms in total. The fourth-order valence-electron chi connectivity index (χ4n) is 9.80. The second kappa shape index (κ2) is 39.0. The van der Waals surface area contributed by atoms with Crippen LogP contribution in [0.1, 0.15) is 284 Å². The molecule has 0 aliphatic heterocycles. The van der Waals surface area contributed by atoms with Gasteiger partial charge in [-0.1, -0.05) is 264 Å². The first-order valence-corrected chi connectivity index (χ1v) is 25.3. The zero-order valence-electron chi connectivity index (χ0n) is 38.9. The molecule has 1 aromatic rings. The fourth-order valence-corrected chi connectivity index (χ4v) is 9.80. The Kier molecular flexibility index (Phi) is 38.6. The van der Waals surface area contributed by atoms with E-state index in [0.29, 0.717) is 6.04 Å². The molecule has 326 valence electrons. The van der Waals surface area contributed by atoms with Crippen molar-refractivity contribution in [3.63, 3.8) is 0 Å². The summed E-state index contributed by atoms with van der Waals surface area (Å²) >= 11 is 0. The molecule has 0 fully saturated rings. The minimum absolute atomic E-state index is 0. The molecule has 0 saturated carbocycles. The molecule has 2 heteroatoms. The van der Waals surface area contributed by atoms with Gasteiger partial charge in [-0.2, -0.15) is 0 Å². The van der Waals surface area contributed by atoms with Crippen molar-refractivity contribution in [1.29, 1.82) is 0 Å². The van der Waals surface area contributed by atoms with E-state index in [9.17, 15) is 0 Å². The van der Waals surface area contributed by atoms with Gasteiger partial charge in [-0.3, -0.25) is 0 Å². The van der Waals surface area contributed by atoms with Gasteiger partial charge < -0.3 is 16.9 Å². The smallest absolute Gasteiger partial charge is 0.120 e. The molecule has 55 heavy (non-hydrogen) atoms. The van der Waals surface area contributed by atoms with Gasteiger partial charge in [0.05, 0.1) is 19.6 Å². The summed E-state index contributed by atoms with van der Waals surface area (Å²) in [5, 5.41) is 0. The molecule has 0 spiro atoms. The molecule has 0 heterocycles. The largest absolute Gasteiger partial charge is 1.00 e. The zero-order chi connectivity index (χ0) is 39.3. The van der Waals surface area contributed by atoms with Crippen molar-refractivity contribution >= 4 is 0 Å². The first-order valence-electron chi connectivity index (χ1n) is 25.3. The highest BCUT2D eigenvalue weighted by Crippen LogP contribution is 2.44. The minimum Gasteiger partial charge on any atom is -1.00 e. The quantitative estimate of drug-likeness (QED) is 0.0458. The van der Waals surface area contributed by atoms with E-state index in [0.717, 1.165) is 0 Å². The molecule has 2 unspecified atom stereocenters. The highest BCUT2D eigenvalue weighted by Gasteiger charge is 2.44. The number of unbranched alkanes of at least 4 members (excludes halogenated alkanes) is 33.